The zero-order chi connectivity index (χ0) is 12.3. The Bertz CT molecular complexity index is 593. The van der Waals surface area contributed by atoms with Crippen LogP contribution in [-0.4, -0.2) is 23.6 Å². The summed E-state index contributed by atoms with van der Waals surface area (Å²) in [5, 5.41) is 7.22. The van der Waals surface area contributed by atoms with Gasteiger partial charge in [0.25, 0.3) is 10.0 Å². The molecule has 0 saturated carbocycles. The second-order valence-corrected chi connectivity index (χ2v) is 4.96. The summed E-state index contributed by atoms with van der Waals surface area (Å²) in [7, 11) is -3.64. The lowest BCUT2D eigenvalue weighted by Gasteiger charge is -2.03. The number of nitrogens with one attached hydrogen (secondary N) is 2. The molecule has 0 spiro atoms. The molecule has 0 aliphatic rings. The lowest BCUT2D eigenvalue weighted by Crippen LogP contribution is -2.13. The highest BCUT2D eigenvalue weighted by Crippen LogP contribution is 2.14. The molecule has 0 saturated heterocycles. The lowest BCUT2D eigenvalue weighted by atomic mass is 10.4. The summed E-state index contributed by atoms with van der Waals surface area (Å²) in [5.41, 5.74) is 6.03. The maximum atomic E-state index is 11.9. The Morgan fingerprint density at radius 3 is 2.88 bits per heavy atom. The number of hydrogen-bond acceptors (Lipinski definition) is 5. The highest BCUT2D eigenvalue weighted by molar-refractivity contribution is 7.92. The van der Waals surface area contributed by atoms with Gasteiger partial charge in [-0.25, -0.2) is 8.42 Å². The van der Waals surface area contributed by atoms with Gasteiger partial charge in [0, 0.05) is 24.6 Å². The lowest BCUT2D eigenvalue weighted by molar-refractivity contribution is 0.601. The Morgan fingerprint density at radius 2 is 2.29 bits per heavy atom. The standard InChI is InChI=1S/C9H11N5O2S/c10-5-7-4-8(6-11-7)17(15,16)14-9-2-1-3-12-13-9/h1-4,6,11H,5,10H2,(H,13,14). The normalized spacial score (nSPS) is 11.4. The molecule has 90 valence electrons. The Balaban J connectivity index is 2.25. The first kappa shape index (κ1) is 11.6. The van der Waals surface area contributed by atoms with Crippen molar-refractivity contribution < 1.29 is 8.42 Å². The fourth-order valence-electron chi connectivity index (χ4n) is 1.24. The molecule has 17 heavy (non-hydrogen) atoms. The second kappa shape index (κ2) is 4.52. The zero-order valence-electron chi connectivity index (χ0n) is 8.79. The van der Waals surface area contributed by atoms with E-state index in [4.69, 9.17) is 5.73 Å². The number of sulfonamides is 1. The van der Waals surface area contributed by atoms with Crippen molar-refractivity contribution in [2.45, 2.75) is 11.4 Å². The summed E-state index contributed by atoms with van der Waals surface area (Å²) in [6, 6.07) is 4.58. The molecule has 0 radical (unpaired) electrons. The molecule has 0 bridgehead atoms. The van der Waals surface area contributed by atoms with Crippen molar-refractivity contribution in [1.29, 1.82) is 0 Å². The molecular formula is C9H11N5O2S. The van der Waals surface area contributed by atoms with Crippen LogP contribution in [0.15, 0.2) is 35.5 Å². The van der Waals surface area contributed by atoms with Gasteiger partial charge >= 0.3 is 0 Å². The minimum Gasteiger partial charge on any atom is -0.363 e. The Hall–Kier alpha value is -1.93. The quantitative estimate of drug-likeness (QED) is 0.713. The SMILES string of the molecule is NCc1cc(S(=O)(=O)Nc2cccnn2)c[nH]1. The molecule has 0 aromatic carbocycles. The van der Waals surface area contributed by atoms with Crippen molar-refractivity contribution in [2.24, 2.45) is 5.73 Å². The van der Waals surface area contributed by atoms with Crippen LogP contribution in [0.1, 0.15) is 5.69 Å². The number of nitrogens with two attached hydrogens (primary N) is 1. The van der Waals surface area contributed by atoms with Crippen LogP contribution >= 0.6 is 0 Å². The average Bonchev–Trinajstić information content (AvgIpc) is 2.79. The molecule has 2 rings (SSSR count). The van der Waals surface area contributed by atoms with Gasteiger partial charge < -0.3 is 10.7 Å². The Labute approximate surface area is 98.1 Å². The van der Waals surface area contributed by atoms with E-state index in [1.807, 2.05) is 0 Å². The molecule has 0 aliphatic carbocycles. The van der Waals surface area contributed by atoms with Crippen molar-refractivity contribution in [3.8, 4) is 0 Å². The minimum atomic E-state index is -3.64. The third-order valence-electron chi connectivity index (χ3n) is 2.06. The van der Waals surface area contributed by atoms with Crippen LogP contribution in [0.5, 0.6) is 0 Å². The van der Waals surface area contributed by atoms with E-state index in [2.05, 4.69) is 19.9 Å². The van der Waals surface area contributed by atoms with Gasteiger partial charge in [-0.05, 0) is 18.2 Å². The first-order valence-corrected chi connectivity index (χ1v) is 6.28. The van der Waals surface area contributed by atoms with Gasteiger partial charge in [0.15, 0.2) is 5.82 Å². The van der Waals surface area contributed by atoms with Gasteiger partial charge in [0.2, 0.25) is 0 Å². The molecular weight excluding hydrogens is 242 g/mol. The van der Waals surface area contributed by atoms with Crippen molar-refractivity contribution in [3.05, 3.63) is 36.3 Å². The maximum Gasteiger partial charge on any atom is 0.264 e. The summed E-state index contributed by atoms with van der Waals surface area (Å²) in [4.78, 5) is 2.88. The third kappa shape index (κ3) is 2.60. The number of nitrogens with zero attached hydrogens (tertiary/aromatic N) is 2. The molecule has 2 aromatic rings. The predicted molar refractivity (Wildman–Crippen MR) is 61.5 cm³/mol. The molecule has 2 heterocycles. The summed E-state index contributed by atoms with van der Waals surface area (Å²) in [6.45, 7) is 0.251. The van der Waals surface area contributed by atoms with E-state index >= 15 is 0 Å². The Morgan fingerprint density at radius 1 is 1.47 bits per heavy atom. The summed E-state index contributed by atoms with van der Waals surface area (Å²) >= 11 is 0. The molecule has 4 N–H and O–H groups in total. The van der Waals surface area contributed by atoms with Gasteiger partial charge in [-0.15, -0.1) is 5.10 Å². The molecule has 2 aromatic heterocycles. The van der Waals surface area contributed by atoms with Gasteiger partial charge in [-0.2, -0.15) is 5.10 Å². The van der Waals surface area contributed by atoms with Crippen LogP contribution in [0.4, 0.5) is 5.82 Å². The van der Waals surface area contributed by atoms with Crippen molar-refractivity contribution >= 4 is 15.8 Å². The number of aromatic nitrogens is 3. The molecule has 0 unspecified atom stereocenters. The highest BCUT2D eigenvalue weighted by atomic mass is 32.2. The van der Waals surface area contributed by atoms with Crippen LogP contribution in [-0.2, 0) is 16.6 Å². The van der Waals surface area contributed by atoms with Gasteiger partial charge in [-0.1, -0.05) is 0 Å². The van der Waals surface area contributed by atoms with Crippen LogP contribution in [0.2, 0.25) is 0 Å². The van der Waals surface area contributed by atoms with Crippen molar-refractivity contribution in [2.75, 3.05) is 4.72 Å². The summed E-state index contributed by atoms with van der Waals surface area (Å²) in [5.74, 6) is 0.169. The monoisotopic (exact) mass is 253 g/mol. The van der Waals surface area contributed by atoms with Gasteiger partial charge in [-0.3, -0.25) is 4.72 Å². The van der Waals surface area contributed by atoms with Gasteiger partial charge in [0.1, 0.15) is 4.90 Å². The topological polar surface area (TPSA) is 114 Å². The fraction of sp³-hybridized carbons (Fsp3) is 0.111. The number of hydrogen-bond donors (Lipinski definition) is 3. The van der Waals surface area contributed by atoms with Crippen LogP contribution in [0, 0.1) is 0 Å². The van der Waals surface area contributed by atoms with Crippen molar-refractivity contribution in [3.63, 3.8) is 0 Å². The van der Waals surface area contributed by atoms with E-state index in [0.29, 0.717) is 5.69 Å². The predicted octanol–water partition coefficient (Wildman–Crippen LogP) is 0.0642. The van der Waals surface area contributed by atoms with E-state index < -0.39 is 10.0 Å². The smallest absolute Gasteiger partial charge is 0.264 e. The molecule has 8 heteroatoms. The average molecular weight is 253 g/mol. The number of H-pyrrole nitrogens is 1. The molecule has 0 amide bonds. The summed E-state index contributed by atoms with van der Waals surface area (Å²) in [6.07, 6.45) is 2.83. The molecule has 0 aliphatic heterocycles. The first-order valence-electron chi connectivity index (χ1n) is 4.80. The molecule has 7 nitrogen and oxygen atoms in total. The first-order chi connectivity index (χ1) is 8.12. The van der Waals surface area contributed by atoms with Crippen LogP contribution in [0.25, 0.3) is 0 Å². The van der Waals surface area contributed by atoms with E-state index in [1.165, 1.54) is 24.5 Å². The second-order valence-electron chi connectivity index (χ2n) is 3.28. The van der Waals surface area contributed by atoms with Crippen LogP contribution < -0.4 is 10.5 Å². The van der Waals surface area contributed by atoms with E-state index in [-0.39, 0.29) is 17.3 Å². The van der Waals surface area contributed by atoms with Gasteiger partial charge in [0.05, 0.1) is 0 Å². The number of aromatic amines is 1. The number of anilines is 1. The van der Waals surface area contributed by atoms with E-state index in [9.17, 15) is 8.42 Å². The van der Waals surface area contributed by atoms with E-state index in [1.54, 1.807) is 6.07 Å². The minimum absolute atomic E-state index is 0.114. The molecule has 0 atom stereocenters. The Kier molecular flexibility index (Phi) is 3.07. The zero-order valence-corrected chi connectivity index (χ0v) is 9.61. The maximum absolute atomic E-state index is 11.9. The largest absolute Gasteiger partial charge is 0.363 e. The summed E-state index contributed by atoms with van der Waals surface area (Å²) < 4.78 is 26.1. The fourth-order valence-corrected chi connectivity index (χ4v) is 2.26. The molecule has 0 fully saturated rings. The number of rotatable bonds is 4. The highest BCUT2D eigenvalue weighted by Gasteiger charge is 2.16. The van der Waals surface area contributed by atoms with Crippen molar-refractivity contribution in [1.82, 2.24) is 15.2 Å². The third-order valence-corrected chi connectivity index (χ3v) is 3.39. The van der Waals surface area contributed by atoms with Crippen LogP contribution in [0.3, 0.4) is 0 Å². The van der Waals surface area contributed by atoms with E-state index in [0.717, 1.165) is 0 Å².